The molecule has 0 bridgehead atoms. The number of benzene rings is 1. The van der Waals surface area contributed by atoms with Crippen LogP contribution >= 0.6 is 0 Å². The van der Waals surface area contributed by atoms with Gasteiger partial charge in [-0.15, -0.1) is 0 Å². The fourth-order valence-corrected chi connectivity index (χ4v) is 3.29. The lowest BCUT2D eigenvalue weighted by Gasteiger charge is -2.35. The van der Waals surface area contributed by atoms with Gasteiger partial charge in [-0.1, -0.05) is 24.6 Å². The van der Waals surface area contributed by atoms with Crippen LogP contribution < -0.4 is 0 Å². The molecule has 1 aliphatic heterocycles. The Hall–Kier alpha value is -2.17. The zero-order valence-corrected chi connectivity index (χ0v) is 14.5. The zero-order chi connectivity index (χ0) is 17.9. The average Bonchev–Trinajstić information content (AvgIpc) is 2.54. The Morgan fingerprint density at radius 3 is 2.54 bits per heavy atom. The number of hydrogen-bond acceptors (Lipinski definition) is 3. The van der Waals surface area contributed by atoms with E-state index in [2.05, 4.69) is 0 Å². The molecule has 1 N–H and O–H groups in total. The number of Topliss-reactive ketones (excluding diaryl/α,β-unsaturated/α-hetero) is 1. The molecular weight excluding hydrogens is 306 g/mol. The SMILES string of the molecule is Cc1ccc(C)c(C(=O)CCC(=O)N2CCC(C(=O)O)C(C)C2)c1. The van der Waals surface area contributed by atoms with Gasteiger partial charge in [-0.3, -0.25) is 14.4 Å². The Morgan fingerprint density at radius 2 is 1.92 bits per heavy atom. The molecule has 2 rings (SSSR count). The van der Waals surface area contributed by atoms with Crippen LogP contribution in [0.2, 0.25) is 0 Å². The summed E-state index contributed by atoms with van der Waals surface area (Å²) in [5.74, 6) is -1.32. The summed E-state index contributed by atoms with van der Waals surface area (Å²) in [5, 5.41) is 9.14. The molecule has 1 aromatic rings. The van der Waals surface area contributed by atoms with E-state index in [0.717, 1.165) is 11.1 Å². The van der Waals surface area contributed by atoms with E-state index in [1.807, 2.05) is 39.0 Å². The van der Waals surface area contributed by atoms with E-state index >= 15 is 0 Å². The molecule has 5 heteroatoms. The van der Waals surface area contributed by atoms with Gasteiger partial charge in [0.25, 0.3) is 0 Å². The number of aryl methyl sites for hydroxylation is 2. The Kier molecular flexibility index (Phi) is 5.75. The maximum atomic E-state index is 12.4. The van der Waals surface area contributed by atoms with Gasteiger partial charge < -0.3 is 10.0 Å². The van der Waals surface area contributed by atoms with Gasteiger partial charge in [-0.2, -0.15) is 0 Å². The van der Waals surface area contributed by atoms with Gasteiger partial charge >= 0.3 is 5.97 Å². The summed E-state index contributed by atoms with van der Waals surface area (Å²) in [4.78, 5) is 37.5. The van der Waals surface area contributed by atoms with Crippen LogP contribution in [0.3, 0.4) is 0 Å². The Morgan fingerprint density at radius 1 is 1.21 bits per heavy atom. The van der Waals surface area contributed by atoms with E-state index in [1.165, 1.54) is 0 Å². The number of hydrogen-bond donors (Lipinski definition) is 1. The van der Waals surface area contributed by atoms with E-state index in [4.69, 9.17) is 5.11 Å². The summed E-state index contributed by atoms with van der Waals surface area (Å²) >= 11 is 0. The van der Waals surface area contributed by atoms with Crippen molar-refractivity contribution in [2.24, 2.45) is 11.8 Å². The van der Waals surface area contributed by atoms with Crippen LogP contribution in [-0.2, 0) is 9.59 Å². The van der Waals surface area contributed by atoms with Gasteiger partial charge in [0.2, 0.25) is 5.91 Å². The molecule has 0 aromatic heterocycles. The fraction of sp³-hybridized carbons (Fsp3) is 0.526. The van der Waals surface area contributed by atoms with Gasteiger partial charge in [0, 0.05) is 31.5 Å². The first-order valence-corrected chi connectivity index (χ1v) is 8.40. The summed E-state index contributed by atoms with van der Waals surface area (Å²) in [6.45, 7) is 6.60. The molecule has 0 aliphatic carbocycles. The van der Waals surface area contributed by atoms with Crippen LogP contribution in [0.15, 0.2) is 18.2 Å². The fourth-order valence-electron chi connectivity index (χ4n) is 3.29. The molecule has 2 atom stereocenters. The number of carbonyl (C=O) groups excluding carboxylic acids is 2. The maximum Gasteiger partial charge on any atom is 0.306 e. The molecule has 0 spiro atoms. The Bertz CT molecular complexity index is 653. The van der Waals surface area contributed by atoms with Crippen molar-refractivity contribution in [3.8, 4) is 0 Å². The Balaban J connectivity index is 1.90. The number of piperidine rings is 1. The number of rotatable bonds is 5. The topological polar surface area (TPSA) is 74.7 Å². The predicted molar refractivity (Wildman–Crippen MR) is 91.0 cm³/mol. The summed E-state index contributed by atoms with van der Waals surface area (Å²) in [6, 6.07) is 5.75. The van der Waals surface area contributed by atoms with Crippen molar-refractivity contribution in [2.45, 2.75) is 40.0 Å². The maximum absolute atomic E-state index is 12.4. The number of likely N-dealkylation sites (tertiary alicyclic amines) is 1. The van der Waals surface area contributed by atoms with Crippen molar-refractivity contribution in [3.05, 3.63) is 34.9 Å². The van der Waals surface area contributed by atoms with E-state index in [1.54, 1.807) is 4.90 Å². The number of aliphatic carboxylic acids is 1. The highest BCUT2D eigenvalue weighted by atomic mass is 16.4. The number of amides is 1. The molecule has 5 nitrogen and oxygen atoms in total. The van der Waals surface area contributed by atoms with Gasteiger partial charge in [0.05, 0.1) is 5.92 Å². The first-order valence-electron chi connectivity index (χ1n) is 8.40. The van der Waals surface area contributed by atoms with Crippen LogP contribution in [-0.4, -0.2) is 40.8 Å². The third-order valence-electron chi connectivity index (χ3n) is 4.83. The monoisotopic (exact) mass is 331 g/mol. The van der Waals surface area contributed by atoms with Gasteiger partial charge in [-0.05, 0) is 37.8 Å². The number of nitrogens with zero attached hydrogens (tertiary/aromatic N) is 1. The summed E-state index contributed by atoms with van der Waals surface area (Å²) < 4.78 is 0. The first kappa shape index (κ1) is 18.2. The van der Waals surface area contributed by atoms with Crippen LogP contribution in [0.1, 0.15) is 47.7 Å². The summed E-state index contributed by atoms with van der Waals surface area (Å²) in [5.41, 5.74) is 2.63. The number of carbonyl (C=O) groups is 3. The normalized spacial score (nSPS) is 20.7. The molecule has 2 unspecified atom stereocenters. The molecule has 0 radical (unpaired) electrons. The molecule has 1 aliphatic rings. The largest absolute Gasteiger partial charge is 0.481 e. The minimum absolute atomic E-state index is 0.0157. The molecule has 1 amide bonds. The van der Waals surface area contributed by atoms with Crippen molar-refractivity contribution < 1.29 is 19.5 Å². The second-order valence-electron chi connectivity index (χ2n) is 6.79. The molecule has 1 fully saturated rings. The highest BCUT2D eigenvalue weighted by molar-refractivity contribution is 5.99. The van der Waals surface area contributed by atoms with E-state index in [0.29, 0.717) is 25.1 Å². The van der Waals surface area contributed by atoms with Crippen LogP contribution in [0.25, 0.3) is 0 Å². The molecule has 1 heterocycles. The predicted octanol–water partition coefficient (Wildman–Crippen LogP) is 2.84. The lowest BCUT2D eigenvalue weighted by molar-refractivity contribution is -0.148. The van der Waals surface area contributed by atoms with Crippen molar-refractivity contribution in [2.75, 3.05) is 13.1 Å². The lowest BCUT2D eigenvalue weighted by Crippen LogP contribution is -2.45. The Labute approximate surface area is 142 Å². The lowest BCUT2D eigenvalue weighted by atomic mass is 9.87. The summed E-state index contributed by atoms with van der Waals surface area (Å²) in [6.07, 6.45) is 0.847. The van der Waals surface area contributed by atoms with Crippen molar-refractivity contribution in [1.29, 1.82) is 0 Å². The second-order valence-corrected chi connectivity index (χ2v) is 6.79. The third-order valence-corrected chi connectivity index (χ3v) is 4.83. The number of carboxylic acid groups (broad SMARTS) is 1. The standard InChI is InChI=1S/C19H25NO4/c1-12-4-5-13(2)16(10-12)17(21)6-7-18(22)20-9-8-15(19(23)24)14(3)11-20/h4-5,10,14-15H,6-9,11H2,1-3H3,(H,23,24). The van der Waals surface area contributed by atoms with Crippen LogP contribution in [0.4, 0.5) is 0 Å². The van der Waals surface area contributed by atoms with Gasteiger partial charge in [0.15, 0.2) is 5.78 Å². The summed E-state index contributed by atoms with van der Waals surface area (Å²) in [7, 11) is 0. The minimum Gasteiger partial charge on any atom is -0.481 e. The van der Waals surface area contributed by atoms with Crippen molar-refractivity contribution in [1.82, 2.24) is 4.90 Å². The molecule has 130 valence electrons. The van der Waals surface area contributed by atoms with Crippen molar-refractivity contribution in [3.63, 3.8) is 0 Å². The second kappa shape index (κ2) is 7.60. The highest BCUT2D eigenvalue weighted by Crippen LogP contribution is 2.24. The average molecular weight is 331 g/mol. The van der Waals surface area contributed by atoms with Gasteiger partial charge in [0.1, 0.15) is 0 Å². The quantitative estimate of drug-likeness (QED) is 0.842. The van der Waals surface area contributed by atoms with E-state index in [9.17, 15) is 14.4 Å². The smallest absolute Gasteiger partial charge is 0.306 e. The molecule has 1 aromatic carbocycles. The van der Waals surface area contributed by atoms with Gasteiger partial charge in [-0.25, -0.2) is 0 Å². The molecule has 1 saturated heterocycles. The first-order chi connectivity index (χ1) is 11.3. The van der Waals surface area contributed by atoms with Crippen LogP contribution in [0, 0.1) is 25.7 Å². The number of ketones is 1. The third kappa shape index (κ3) is 4.22. The highest BCUT2D eigenvalue weighted by Gasteiger charge is 2.32. The van der Waals surface area contributed by atoms with E-state index < -0.39 is 5.97 Å². The minimum atomic E-state index is -0.792. The molecular formula is C19H25NO4. The van der Waals surface area contributed by atoms with Crippen LogP contribution in [0.5, 0.6) is 0 Å². The molecule has 24 heavy (non-hydrogen) atoms. The zero-order valence-electron chi connectivity index (χ0n) is 14.5. The molecule has 0 saturated carbocycles. The number of carboxylic acids is 1. The van der Waals surface area contributed by atoms with E-state index in [-0.39, 0.29) is 36.4 Å². The van der Waals surface area contributed by atoms with Crippen molar-refractivity contribution >= 4 is 17.7 Å².